The van der Waals surface area contributed by atoms with Crippen LogP contribution in [0.4, 0.5) is 23.2 Å². The standard InChI is InChI=1S/C26H19F4N5O4/c1-14-10-22(36)35(17-5-3-4-15(11-17)26(28,29)30)34-23(14)25(38)33-16-6-7-21(19(27)12-16)39-18-8-9-32-20(13-18)24(37)31-2/h3-13H,1-2H3,(H,31,37)(H,33,38). The minimum atomic E-state index is -4.64. The number of benzene rings is 2. The first-order chi connectivity index (χ1) is 18.5. The van der Waals surface area contributed by atoms with E-state index in [-0.39, 0.29) is 39.8 Å². The predicted octanol–water partition coefficient (Wildman–Crippen LogP) is 4.50. The lowest BCUT2D eigenvalue weighted by Crippen LogP contribution is -2.27. The van der Waals surface area contributed by atoms with Gasteiger partial charge in [0.1, 0.15) is 11.4 Å². The number of hydrogen-bond acceptors (Lipinski definition) is 6. The molecule has 0 aliphatic carbocycles. The largest absolute Gasteiger partial charge is 0.454 e. The lowest BCUT2D eigenvalue weighted by molar-refractivity contribution is -0.137. The molecule has 0 unspecified atom stereocenters. The minimum absolute atomic E-state index is 0.0173. The van der Waals surface area contributed by atoms with Crippen LogP contribution in [0, 0.1) is 12.7 Å². The average Bonchev–Trinajstić information content (AvgIpc) is 2.89. The van der Waals surface area contributed by atoms with Gasteiger partial charge in [-0.15, -0.1) is 0 Å². The SMILES string of the molecule is CNC(=O)c1cc(Oc2ccc(NC(=O)c3nn(-c4cccc(C(F)(F)F)c4)c(=O)cc3C)cc2F)ccn1. The average molecular weight is 541 g/mol. The van der Waals surface area contributed by atoms with Gasteiger partial charge in [0.2, 0.25) is 0 Å². The zero-order chi connectivity index (χ0) is 28.3. The molecule has 2 N–H and O–H groups in total. The molecule has 2 amide bonds. The number of nitrogens with one attached hydrogen (secondary N) is 2. The Kier molecular flexibility index (Phi) is 7.42. The molecular weight excluding hydrogens is 522 g/mol. The Balaban J connectivity index is 1.56. The van der Waals surface area contributed by atoms with Gasteiger partial charge in [-0.25, -0.2) is 4.39 Å². The first-order valence-electron chi connectivity index (χ1n) is 11.2. The minimum Gasteiger partial charge on any atom is -0.454 e. The van der Waals surface area contributed by atoms with E-state index in [1.165, 1.54) is 50.5 Å². The van der Waals surface area contributed by atoms with E-state index in [9.17, 15) is 31.9 Å². The van der Waals surface area contributed by atoms with Crippen molar-refractivity contribution in [3.8, 4) is 17.2 Å². The zero-order valence-electron chi connectivity index (χ0n) is 20.3. The van der Waals surface area contributed by atoms with Crippen LogP contribution >= 0.6 is 0 Å². The van der Waals surface area contributed by atoms with Crippen LogP contribution in [0.25, 0.3) is 5.69 Å². The molecule has 0 saturated heterocycles. The number of pyridine rings is 1. The van der Waals surface area contributed by atoms with E-state index in [1.807, 2.05) is 0 Å². The molecule has 9 nitrogen and oxygen atoms in total. The van der Waals surface area contributed by atoms with Gasteiger partial charge >= 0.3 is 6.18 Å². The molecule has 13 heteroatoms. The number of rotatable bonds is 6. The van der Waals surface area contributed by atoms with Crippen LogP contribution in [0.1, 0.15) is 32.1 Å². The maximum absolute atomic E-state index is 14.7. The van der Waals surface area contributed by atoms with Crippen LogP contribution in [0.3, 0.4) is 0 Å². The number of anilines is 1. The van der Waals surface area contributed by atoms with Crippen LogP contribution in [0.2, 0.25) is 0 Å². The Morgan fingerprint density at radius 3 is 2.46 bits per heavy atom. The maximum atomic E-state index is 14.7. The maximum Gasteiger partial charge on any atom is 0.416 e. The van der Waals surface area contributed by atoms with Gasteiger partial charge < -0.3 is 15.4 Å². The van der Waals surface area contributed by atoms with Gasteiger partial charge in [-0.3, -0.25) is 19.4 Å². The molecule has 0 fully saturated rings. The van der Waals surface area contributed by atoms with Crippen LogP contribution < -0.4 is 20.9 Å². The summed E-state index contributed by atoms with van der Waals surface area (Å²) in [6, 6.07) is 11.3. The number of amides is 2. The van der Waals surface area contributed by atoms with E-state index >= 15 is 0 Å². The molecule has 4 aromatic rings. The fourth-order valence-corrected chi connectivity index (χ4v) is 3.47. The molecule has 0 saturated carbocycles. The number of aryl methyl sites for hydroxylation is 1. The van der Waals surface area contributed by atoms with Crippen molar-refractivity contribution in [2.45, 2.75) is 13.1 Å². The summed E-state index contributed by atoms with van der Waals surface area (Å²) < 4.78 is 60.2. The molecule has 0 atom stereocenters. The molecule has 0 radical (unpaired) electrons. The summed E-state index contributed by atoms with van der Waals surface area (Å²) in [5.74, 6) is -2.18. The van der Waals surface area contributed by atoms with E-state index in [0.717, 1.165) is 30.3 Å². The zero-order valence-corrected chi connectivity index (χ0v) is 20.3. The van der Waals surface area contributed by atoms with Crippen LogP contribution in [0.15, 0.2) is 71.7 Å². The summed E-state index contributed by atoms with van der Waals surface area (Å²) in [6.07, 6.45) is -3.32. The van der Waals surface area contributed by atoms with Crippen molar-refractivity contribution in [3.05, 3.63) is 106 Å². The number of alkyl halides is 3. The van der Waals surface area contributed by atoms with Gasteiger partial charge in [0, 0.05) is 37.1 Å². The number of carbonyl (C=O) groups excluding carboxylic acids is 2. The van der Waals surface area contributed by atoms with E-state index < -0.39 is 34.9 Å². The lowest BCUT2D eigenvalue weighted by atomic mass is 10.2. The summed E-state index contributed by atoms with van der Waals surface area (Å²) in [6.45, 7) is 1.43. The third-order valence-electron chi connectivity index (χ3n) is 5.36. The number of ether oxygens (including phenoxy) is 1. The highest BCUT2D eigenvalue weighted by molar-refractivity contribution is 6.03. The monoisotopic (exact) mass is 541 g/mol. The summed E-state index contributed by atoms with van der Waals surface area (Å²) in [4.78, 5) is 41.0. The highest BCUT2D eigenvalue weighted by Crippen LogP contribution is 2.30. The van der Waals surface area contributed by atoms with Gasteiger partial charge in [0.15, 0.2) is 17.3 Å². The van der Waals surface area contributed by atoms with Crippen molar-refractivity contribution in [3.63, 3.8) is 0 Å². The molecule has 0 aliphatic heterocycles. The van der Waals surface area contributed by atoms with Gasteiger partial charge in [0.05, 0.1) is 11.3 Å². The van der Waals surface area contributed by atoms with Gasteiger partial charge in [-0.1, -0.05) is 6.07 Å². The normalized spacial score (nSPS) is 11.1. The fraction of sp³-hybridized carbons (Fsp3) is 0.115. The topological polar surface area (TPSA) is 115 Å². The van der Waals surface area contributed by atoms with Gasteiger partial charge in [0.25, 0.3) is 17.4 Å². The predicted molar refractivity (Wildman–Crippen MR) is 132 cm³/mol. The molecule has 0 bridgehead atoms. The van der Waals surface area contributed by atoms with E-state index in [1.54, 1.807) is 0 Å². The van der Waals surface area contributed by atoms with Crippen molar-refractivity contribution in [2.75, 3.05) is 12.4 Å². The first-order valence-corrected chi connectivity index (χ1v) is 11.2. The van der Waals surface area contributed by atoms with Crippen molar-refractivity contribution in [2.24, 2.45) is 0 Å². The van der Waals surface area contributed by atoms with E-state index in [2.05, 4.69) is 20.7 Å². The fourth-order valence-electron chi connectivity index (χ4n) is 3.47. The molecule has 2 aromatic carbocycles. The second-order valence-corrected chi connectivity index (χ2v) is 8.13. The first kappa shape index (κ1) is 27.0. The number of nitrogens with zero attached hydrogens (tertiary/aromatic N) is 3. The van der Waals surface area contributed by atoms with Crippen molar-refractivity contribution in [1.29, 1.82) is 0 Å². The van der Waals surface area contributed by atoms with Gasteiger partial charge in [-0.05, 0) is 48.9 Å². The molecular formula is C26H19F4N5O4. The van der Waals surface area contributed by atoms with E-state index in [4.69, 9.17) is 4.74 Å². The smallest absolute Gasteiger partial charge is 0.416 e. The quantitative estimate of drug-likeness (QED) is 0.348. The second kappa shape index (κ2) is 10.7. The Hall–Kier alpha value is -5.07. The summed E-state index contributed by atoms with van der Waals surface area (Å²) in [5, 5.41) is 8.81. The molecule has 2 heterocycles. The Labute approximate surface area is 218 Å². The van der Waals surface area contributed by atoms with Crippen LogP contribution in [-0.2, 0) is 6.18 Å². The number of halogens is 4. The van der Waals surface area contributed by atoms with Crippen molar-refractivity contribution < 1.29 is 31.9 Å². The molecule has 0 aliphatic rings. The van der Waals surface area contributed by atoms with E-state index in [0.29, 0.717) is 4.68 Å². The molecule has 2 aromatic heterocycles. The summed E-state index contributed by atoms with van der Waals surface area (Å²) >= 11 is 0. The Bertz CT molecular complexity index is 1640. The molecule has 39 heavy (non-hydrogen) atoms. The summed E-state index contributed by atoms with van der Waals surface area (Å²) in [7, 11) is 1.43. The van der Waals surface area contributed by atoms with Crippen LogP contribution in [0.5, 0.6) is 11.5 Å². The number of carbonyl (C=O) groups is 2. The van der Waals surface area contributed by atoms with Crippen molar-refractivity contribution >= 4 is 17.5 Å². The lowest BCUT2D eigenvalue weighted by Gasteiger charge is -2.13. The molecule has 200 valence electrons. The molecule has 4 rings (SSSR count). The molecule has 0 spiro atoms. The second-order valence-electron chi connectivity index (χ2n) is 8.13. The number of aromatic nitrogens is 3. The van der Waals surface area contributed by atoms with Gasteiger partial charge in [-0.2, -0.15) is 23.0 Å². The third kappa shape index (κ3) is 6.09. The third-order valence-corrected chi connectivity index (χ3v) is 5.36. The van der Waals surface area contributed by atoms with Crippen molar-refractivity contribution in [1.82, 2.24) is 20.1 Å². The summed E-state index contributed by atoms with van der Waals surface area (Å²) in [5.41, 5.74) is -1.94. The Morgan fingerprint density at radius 2 is 1.77 bits per heavy atom. The number of hydrogen-bond donors (Lipinski definition) is 2. The highest BCUT2D eigenvalue weighted by Gasteiger charge is 2.30. The highest BCUT2D eigenvalue weighted by atomic mass is 19.4. The Morgan fingerprint density at radius 1 is 1.00 bits per heavy atom. The van der Waals surface area contributed by atoms with Crippen LogP contribution in [-0.4, -0.2) is 33.6 Å².